The minimum atomic E-state index is -3.65. The van der Waals surface area contributed by atoms with E-state index in [1.54, 1.807) is 36.4 Å². The van der Waals surface area contributed by atoms with Crippen molar-refractivity contribution in [1.29, 1.82) is 0 Å². The number of hydrogen-bond donors (Lipinski definition) is 1. The molecule has 38 heavy (non-hydrogen) atoms. The van der Waals surface area contributed by atoms with Gasteiger partial charge in [0, 0.05) is 24.3 Å². The maximum Gasteiger partial charge on any atom is 0.243 e. The van der Waals surface area contributed by atoms with Crippen LogP contribution in [-0.2, 0) is 14.8 Å². The fraction of sp³-hybridized carbons (Fsp3) is 0.222. The Morgan fingerprint density at radius 1 is 1.00 bits per heavy atom. The van der Waals surface area contributed by atoms with E-state index in [0.29, 0.717) is 40.3 Å². The van der Waals surface area contributed by atoms with Gasteiger partial charge in [0.1, 0.15) is 0 Å². The molecule has 198 valence electrons. The van der Waals surface area contributed by atoms with E-state index in [1.807, 2.05) is 61.7 Å². The molecule has 1 N–H and O–H groups in total. The zero-order valence-corrected chi connectivity index (χ0v) is 23.6. The van der Waals surface area contributed by atoms with Gasteiger partial charge in [0.15, 0.2) is 11.0 Å². The standard InChI is InChI=1S/C27H28ClN5O3S2/c1-4-32(5-2)38(35,36)22-13-9-10-20(17-22)26-30-31-27(33(26)21-11-7-6-8-12-21)37-18-25(34)29-24-15-14-19(3)16-23(24)28/h6-17H,4-5,18H2,1-3H3,(H,29,34). The predicted octanol–water partition coefficient (Wildman–Crippen LogP) is 5.66. The van der Waals surface area contributed by atoms with Crippen molar-refractivity contribution in [2.24, 2.45) is 0 Å². The second-order valence-electron chi connectivity index (χ2n) is 8.41. The summed E-state index contributed by atoms with van der Waals surface area (Å²) in [6.07, 6.45) is 0. The van der Waals surface area contributed by atoms with E-state index < -0.39 is 10.0 Å². The number of nitrogens with zero attached hydrogens (tertiary/aromatic N) is 4. The Labute approximate surface area is 232 Å². The van der Waals surface area contributed by atoms with Gasteiger partial charge in [-0.2, -0.15) is 4.31 Å². The first-order valence-electron chi connectivity index (χ1n) is 12.0. The van der Waals surface area contributed by atoms with Gasteiger partial charge in [0.2, 0.25) is 15.9 Å². The monoisotopic (exact) mass is 569 g/mol. The normalized spacial score (nSPS) is 11.6. The van der Waals surface area contributed by atoms with Crippen molar-refractivity contribution < 1.29 is 13.2 Å². The molecule has 1 amide bonds. The van der Waals surface area contributed by atoms with Crippen molar-refractivity contribution in [2.75, 3.05) is 24.2 Å². The SMILES string of the molecule is CCN(CC)S(=O)(=O)c1cccc(-c2nnc(SCC(=O)Nc3ccc(C)cc3Cl)n2-c2ccccc2)c1. The first-order valence-corrected chi connectivity index (χ1v) is 14.8. The van der Waals surface area contributed by atoms with E-state index >= 15 is 0 Å². The third kappa shape index (κ3) is 6.10. The summed E-state index contributed by atoms with van der Waals surface area (Å²) in [5, 5.41) is 12.5. The van der Waals surface area contributed by atoms with Crippen LogP contribution in [0.3, 0.4) is 0 Å². The van der Waals surface area contributed by atoms with E-state index in [0.717, 1.165) is 11.3 Å². The summed E-state index contributed by atoms with van der Waals surface area (Å²) >= 11 is 7.48. The van der Waals surface area contributed by atoms with Crippen molar-refractivity contribution in [3.63, 3.8) is 0 Å². The highest BCUT2D eigenvalue weighted by Gasteiger charge is 2.24. The second-order valence-corrected chi connectivity index (χ2v) is 11.7. The maximum absolute atomic E-state index is 13.1. The molecule has 3 aromatic carbocycles. The molecule has 0 aliphatic rings. The van der Waals surface area contributed by atoms with Crippen LogP contribution in [0.1, 0.15) is 19.4 Å². The van der Waals surface area contributed by atoms with Crippen LogP contribution in [0.2, 0.25) is 5.02 Å². The Hall–Kier alpha value is -3.18. The highest BCUT2D eigenvalue weighted by atomic mass is 35.5. The number of thioether (sulfide) groups is 1. The molecular formula is C27H28ClN5O3S2. The molecule has 0 spiro atoms. The van der Waals surface area contributed by atoms with Gasteiger partial charge in [-0.25, -0.2) is 8.42 Å². The fourth-order valence-corrected chi connectivity index (χ4v) is 6.45. The number of nitrogens with one attached hydrogen (secondary N) is 1. The van der Waals surface area contributed by atoms with E-state index in [-0.39, 0.29) is 16.6 Å². The number of hydrogen-bond acceptors (Lipinski definition) is 6. The van der Waals surface area contributed by atoms with Crippen molar-refractivity contribution in [1.82, 2.24) is 19.1 Å². The van der Waals surface area contributed by atoms with Crippen LogP contribution in [0.4, 0.5) is 5.69 Å². The Morgan fingerprint density at radius 3 is 2.42 bits per heavy atom. The molecule has 0 saturated heterocycles. The van der Waals surface area contributed by atoms with Crippen LogP contribution in [0, 0.1) is 6.92 Å². The Morgan fingerprint density at radius 2 is 1.74 bits per heavy atom. The molecule has 0 bridgehead atoms. The average Bonchev–Trinajstić information content (AvgIpc) is 3.34. The van der Waals surface area contributed by atoms with Gasteiger partial charge in [0.25, 0.3) is 0 Å². The summed E-state index contributed by atoms with van der Waals surface area (Å²) in [7, 11) is -3.65. The molecule has 11 heteroatoms. The minimum Gasteiger partial charge on any atom is -0.324 e. The molecule has 1 heterocycles. The Bertz CT molecular complexity index is 1540. The van der Waals surface area contributed by atoms with Gasteiger partial charge >= 0.3 is 0 Å². The topological polar surface area (TPSA) is 97.2 Å². The molecule has 0 aliphatic carbocycles. The number of rotatable bonds is 10. The summed E-state index contributed by atoms with van der Waals surface area (Å²) in [5.41, 5.74) is 2.92. The van der Waals surface area contributed by atoms with Crippen molar-refractivity contribution in [3.8, 4) is 17.1 Å². The van der Waals surface area contributed by atoms with Crippen LogP contribution in [-0.4, -0.2) is 52.2 Å². The van der Waals surface area contributed by atoms with Crippen molar-refractivity contribution >= 4 is 45.0 Å². The van der Waals surface area contributed by atoms with Gasteiger partial charge in [-0.15, -0.1) is 10.2 Å². The number of amides is 1. The lowest BCUT2D eigenvalue weighted by Gasteiger charge is -2.19. The summed E-state index contributed by atoms with van der Waals surface area (Å²) in [6, 6.07) is 21.6. The van der Waals surface area contributed by atoms with E-state index in [2.05, 4.69) is 15.5 Å². The lowest BCUT2D eigenvalue weighted by Crippen LogP contribution is -2.30. The smallest absolute Gasteiger partial charge is 0.243 e. The number of sulfonamides is 1. The molecule has 8 nitrogen and oxygen atoms in total. The molecule has 0 saturated carbocycles. The third-order valence-electron chi connectivity index (χ3n) is 5.81. The lowest BCUT2D eigenvalue weighted by molar-refractivity contribution is -0.113. The molecule has 0 radical (unpaired) electrons. The van der Waals surface area contributed by atoms with Crippen molar-refractivity contribution in [2.45, 2.75) is 30.8 Å². The number of aryl methyl sites for hydroxylation is 1. The average molecular weight is 570 g/mol. The van der Waals surface area contributed by atoms with E-state index in [1.165, 1.54) is 16.1 Å². The zero-order chi connectivity index (χ0) is 27.3. The highest BCUT2D eigenvalue weighted by molar-refractivity contribution is 7.99. The number of anilines is 1. The molecular weight excluding hydrogens is 542 g/mol. The van der Waals surface area contributed by atoms with Gasteiger partial charge < -0.3 is 5.32 Å². The molecule has 0 aliphatic heterocycles. The summed E-state index contributed by atoms with van der Waals surface area (Å²) in [6.45, 7) is 6.29. The molecule has 1 aromatic heterocycles. The number of carbonyl (C=O) groups is 1. The van der Waals surface area contributed by atoms with Gasteiger partial charge in [-0.05, 0) is 48.9 Å². The van der Waals surface area contributed by atoms with Gasteiger partial charge in [0.05, 0.1) is 21.4 Å². The van der Waals surface area contributed by atoms with Crippen LogP contribution in [0.5, 0.6) is 0 Å². The number of benzene rings is 3. The molecule has 4 aromatic rings. The lowest BCUT2D eigenvalue weighted by atomic mass is 10.2. The molecule has 0 atom stereocenters. The second kappa shape index (κ2) is 12.1. The van der Waals surface area contributed by atoms with Crippen LogP contribution in [0.15, 0.2) is 82.8 Å². The summed E-state index contributed by atoms with van der Waals surface area (Å²) in [4.78, 5) is 12.9. The highest BCUT2D eigenvalue weighted by Crippen LogP contribution is 2.30. The quantitative estimate of drug-likeness (QED) is 0.248. The third-order valence-corrected chi connectivity index (χ3v) is 9.10. The van der Waals surface area contributed by atoms with Crippen LogP contribution >= 0.6 is 23.4 Å². The number of halogens is 1. The van der Waals surface area contributed by atoms with Crippen LogP contribution in [0.25, 0.3) is 17.1 Å². The molecule has 4 rings (SSSR count). The summed E-state index contributed by atoms with van der Waals surface area (Å²) < 4.78 is 29.5. The van der Waals surface area contributed by atoms with Gasteiger partial charge in [-0.3, -0.25) is 9.36 Å². The molecule has 0 fully saturated rings. The Kier molecular flexibility index (Phi) is 8.88. The minimum absolute atomic E-state index is 0.0750. The fourth-order valence-electron chi connectivity index (χ4n) is 3.91. The Balaban J connectivity index is 1.65. The predicted molar refractivity (Wildman–Crippen MR) is 152 cm³/mol. The molecule has 0 unspecified atom stereocenters. The maximum atomic E-state index is 13.1. The number of para-hydroxylation sites is 1. The van der Waals surface area contributed by atoms with Gasteiger partial charge in [-0.1, -0.05) is 73.6 Å². The first-order chi connectivity index (χ1) is 18.2. The van der Waals surface area contributed by atoms with Crippen LogP contribution < -0.4 is 5.32 Å². The van der Waals surface area contributed by atoms with Crippen molar-refractivity contribution in [3.05, 3.63) is 83.4 Å². The summed E-state index contributed by atoms with van der Waals surface area (Å²) in [5.74, 6) is 0.306. The zero-order valence-electron chi connectivity index (χ0n) is 21.3. The number of carbonyl (C=O) groups excluding carboxylic acids is 1. The van der Waals surface area contributed by atoms with E-state index in [9.17, 15) is 13.2 Å². The largest absolute Gasteiger partial charge is 0.324 e. The van der Waals surface area contributed by atoms with E-state index in [4.69, 9.17) is 11.6 Å². The first kappa shape index (κ1) is 27.8. The number of aromatic nitrogens is 3.